The van der Waals surface area contributed by atoms with E-state index in [0.29, 0.717) is 24.5 Å². The lowest BCUT2D eigenvalue weighted by molar-refractivity contribution is -0.141. The van der Waals surface area contributed by atoms with Gasteiger partial charge >= 0.3 is 6.18 Å². The number of halogens is 3. The second kappa shape index (κ2) is 11.1. The Bertz CT molecular complexity index is 1220. The van der Waals surface area contributed by atoms with Crippen LogP contribution in [0.25, 0.3) is 22.3 Å². The van der Waals surface area contributed by atoms with Gasteiger partial charge in [0, 0.05) is 36.9 Å². The zero-order valence-corrected chi connectivity index (χ0v) is 20.4. The monoisotopic (exact) mass is 482 g/mol. The molecule has 0 amide bonds. The summed E-state index contributed by atoms with van der Waals surface area (Å²) in [5.41, 5.74) is 2.33. The van der Waals surface area contributed by atoms with Crippen LogP contribution in [-0.4, -0.2) is 26.0 Å². The topological polar surface area (TPSA) is 36.9 Å². The Labute approximate surface area is 204 Å². The molecule has 35 heavy (non-hydrogen) atoms. The minimum Gasteiger partial charge on any atom is -0.361 e. The van der Waals surface area contributed by atoms with Gasteiger partial charge in [0.1, 0.15) is 5.82 Å². The first-order valence-electron chi connectivity index (χ1n) is 12.4. The fourth-order valence-electron chi connectivity index (χ4n) is 4.51. The zero-order chi connectivity index (χ0) is 24.8. The van der Waals surface area contributed by atoms with Crippen LogP contribution in [0.1, 0.15) is 56.5 Å². The van der Waals surface area contributed by atoms with Crippen LogP contribution >= 0.6 is 0 Å². The Morgan fingerprint density at radius 2 is 1.71 bits per heavy atom. The van der Waals surface area contributed by atoms with E-state index in [-0.39, 0.29) is 12.2 Å². The predicted octanol–water partition coefficient (Wildman–Crippen LogP) is 7.65. The number of unbranched alkanes of at least 4 members (excludes halogenated alkanes) is 2. The van der Waals surface area contributed by atoms with Crippen molar-refractivity contribution in [2.24, 2.45) is 0 Å². The zero-order valence-electron chi connectivity index (χ0n) is 20.4. The number of fused-ring (bicyclic) bond motifs is 1. The Hall–Kier alpha value is -3.06. The van der Waals surface area contributed by atoms with Crippen molar-refractivity contribution < 1.29 is 13.2 Å². The Balaban J connectivity index is 1.74. The summed E-state index contributed by atoms with van der Waals surface area (Å²) in [5, 5.41) is 1.10. The summed E-state index contributed by atoms with van der Waals surface area (Å²) < 4.78 is 44.6. The quantitative estimate of drug-likeness (QED) is 0.238. The number of hydrogen-bond donors (Lipinski definition) is 1. The number of aromatic nitrogens is 3. The van der Waals surface area contributed by atoms with Gasteiger partial charge in [-0.25, -0.2) is 4.98 Å². The second-order valence-electron chi connectivity index (χ2n) is 9.06. The third kappa shape index (κ3) is 5.96. The molecule has 4 aromatic rings. The van der Waals surface area contributed by atoms with Gasteiger partial charge in [0.25, 0.3) is 0 Å². The van der Waals surface area contributed by atoms with E-state index < -0.39 is 11.9 Å². The first-order valence-corrected chi connectivity index (χ1v) is 12.4. The molecule has 0 fully saturated rings. The van der Waals surface area contributed by atoms with Gasteiger partial charge in [0.15, 0.2) is 5.69 Å². The van der Waals surface area contributed by atoms with Crippen molar-refractivity contribution in [3.63, 3.8) is 0 Å². The highest BCUT2D eigenvalue weighted by molar-refractivity contribution is 5.79. The minimum absolute atomic E-state index is 0.198. The van der Waals surface area contributed by atoms with Crippen molar-refractivity contribution in [2.75, 3.05) is 6.54 Å². The molecular formula is C28H33F3N4. The number of benzene rings is 2. The fraction of sp³-hybridized carbons (Fsp3) is 0.393. The Morgan fingerprint density at radius 3 is 2.43 bits per heavy atom. The Kier molecular flexibility index (Phi) is 7.96. The number of H-pyrrole nitrogens is 1. The summed E-state index contributed by atoms with van der Waals surface area (Å²) in [5.74, 6) is 0.394. The van der Waals surface area contributed by atoms with Crippen molar-refractivity contribution in [1.29, 1.82) is 0 Å². The first kappa shape index (κ1) is 25.0. The molecule has 7 heteroatoms. The standard InChI is InChI=1S/C28H33F3N4/c1-3-5-16-34(19-21-12-13-24-23(18-21)14-15-32-24)20-25-26(28(29,30)31)33-27(35(25)17-6-4-2)22-10-8-7-9-11-22/h7-15,18,32H,3-6,16-17,19-20H2,1-2H3. The van der Waals surface area contributed by atoms with Crippen LogP contribution in [0.15, 0.2) is 60.8 Å². The van der Waals surface area contributed by atoms with Crippen LogP contribution in [0, 0.1) is 0 Å². The van der Waals surface area contributed by atoms with E-state index in [9.17, 15) is 13.2 Å². The number of aromatic amines is 1. The average molecular weight is 483 g/mol. The van der Waals surface area contributed by atoms with Crippen molar-refractivity contribution in [2.45, 2.75) is 65.3 Å². The van der Waals surface area contributed by atoms with Gasteiger partial charge in [0.2, 0.25) is 0 Å². The maximum absolute atomic E-state index is 14.3. The summed E-state index contributed by atoms with van der Waals surface area (Å²) in [4.78, 5) is 9.51. The van der Waals surface area contributed by atoms with E-state index in [4.69, 9.17) is 0 Å². The molecule has 4 rings (SSSR count). The molecule has 4 nitrogen and oxygen atoms in total. The molecule has 0 aliphatic rings. The molecule has 2 heterocycles. The molecule has 0 atom stereocenters. The van der Waals surface area contributed by atoms with Gasteiger partial charge in [-0.1, -0.05) is 63.1 Å². The van der Waals surface area contributed by atoms with Crippen LogP contribution < -0.4 is 0 Å². The van der Waals surface area contributed by atoms with Gasteiger partial charge in [-0.15, -0.1) is 0 Å². The number of nitrogens with one attached hydrogen (secondary N) is 1. The van der Waals surface area contributed by atoms with Crippen molar-refractivity contribution in [3.8, 4) is 11.4 Å². The SMILES string of the molecule is CCCCN(Cc1ccc2[nH]ccc2c1)Cc1c(C(F)(F)F)nc(-c2ccccc2)n1CCCC. The molecule has 0 radical (unpaired) electrons. The summed E-state index contributed by atoms with van der Waals surface area (Å²) in [7, 11) is 0. The highest BCUT2D eigenvalue weighted by Gasteiger charge is 2.39. The van der Waals surface area contributed by atoms with Crippen LogP contribution in [0.3, 0.4) is 0 Å². The van der Waals surface area contributed by atoms with E-state index >= 15 is 0 Å². The predicted molar refractivity (Wildman–Crippen MR) is 135 cm³/mol. The third-order valence-corrected chi connectivity index (χ3v) is 6.33. The molecule has 186 valence electrons. The van der Waals surface area contributed by atoms with Crippen LogP contribution in [0.5, 0.6) is 0 Å². The molecule has 2 aromatic heterocycles. The summed E-state index contributed by atoms with van der Waals surface area (Å²) in [6, 6.07) is 17.4. The third-order valence-electron chi connectivity index (χ3n) is 6.33. The lowest BCUT2D eigenvalue weighted by Gasteiger charge is -2.24. The first-order chi connectivity index (χ1) is 16.9. The smallest absolute Gasteiger partial charge is 0.361 e. The molecule has 2 aromatic carbocycles. The van der Waals surface area contributed by atoms with Gasteiger partial charge in [-0.3, -0.25) is 4.90 Å². The van der Waals surface area contributed by atoms with Crippen LogP contribution in [0.2, 0.25) is 0 Å². The summed E-state index contributed by atoms with van der Waals surface area (Å²) in [6.45, 7) is 6.16. The van der Waals surface area contributed by atoms with E-state index in [0.717, 1.165) is 48.7 Å². The van der Waals surface area contributed by atoms with Crippen molar-refractivity contribution >= 4 is 10.9 Å². The highest BCUT2D eigenvalue weighted by Crippen LogP contribution is 2.36. The largest absolute Gasteiger partial charge is 0.435 e. The molecule has 0 aliphatic heterocycles. The lowest BCUT2D eigenvalue weighted by atomic mass is 10.1. The van der Waals surface area contributed by atoms with Crippen molar-refractivity contribution in [3.05, 3.63) is 77.7 Å². The Morgan fingerprint density at radius 1 is 0.943 bits per heavy atom. The van der Waals surface area contributed by atoms with Crippen LogP contribution in [0.4, 0.5) is 13.2 Å². The van der Waals surface area contributed by atoms with Gasteiger partial charge in [-0.05, 0) is 48.5 Å². The number of rotatable bonds is 11. The van der Waals surface area contributed by atoms with Gasteiger partial charge < -0.3 is 9.55 Å². The lowest BCUT2D eigenvalue weighted by Crippen LogP contribution is -2.27. The normalized spacial score (nSPS) is 12.2. The number of hydrogen-bond acceptors (Lipinski definition) is 2. The minimum atomic E-state index is -4.52. The fourth-order valence-corrected chi connectivity index (χ4v) is 4.51. The molecular weight excluding hydrogens is 449 g/mol. The molecule has 1 N–H and O–H groups in total. The van der Waals surface area contributed by atoms with E-state index in [1.54, 1.807) is 4.57 Å². The molecule has 0 spiro atoms. The number of alkyl halides is 3. The summed E-state index contributed by atoms with van der Waals surface area (Å²) >= 11 is 0. The van der Waals surface area contributed by atoms with E-state index in [2.05, 4.69) is 27.9 Å². The van der Waals surface area contributed by atoms with Crippen molar-refractivity contribution in [1.82, 2.24) is 19.4 Å². The maximum atomic E-state index is 14.3. The molecule has 0 aliphatic carbocycles. The number of imidazole rings is 1. The van der Waals surface area contributed by atoms with Gasteiger partial charge in [0.05, 0.1) is 5.69 Å². The van der Waals surface area contributed by atoms with Crippen LogP contribution in [-0.2, 0) is 25.8 Å². The molecule has 0 saturated heterocycles. The van der Waals surface area contributed by atoms with E-state index in [1.807, 2.05) is 61.7 Å². The molecule has 0 saturated carbocycles. The maximum Gasteiger partial charge on any atom is 0.435 e. The highest BCUT2D eigenvalue weighted by atomic mass is 19.4. The van der Waals surface area contributed by atoms with Gasteiger partial charge in [-0.2, -0.15) is 13.2 Å². The molecule has 0 unspecified atom stereocenters. The number of nitrogens with zero attached hydrogens (tertiary/aromatic N) is 3. The summed E-state index contributed by atoms with van der Waals surface area (Å²) in [6.07, 6.45) is 0.961. The van der Waals surface area contributed by atoms with E-state index in [1.165, 1.54) is 0 Å². The average Bonchev–Trinajstić information content (AvgIpc) is 3.46. The second-order valence-corrected chi connectivity index (χ2v) is 9.06. The molecule has 0 bridgehead atoms.